The van der Waals surface area contributed by atoms with E-state index in [4.69, 9.17) is 0 Å². The average Bonchev–Trinajstić information content (AvgIpc) is 2.68. The van der Waals surface area contributed by atoms with Crippen LogP contribution in [0.15, 0.2) is 12.4 Å². The lowest BCUT2D eigenvalue weighted by Gasteiger charge is -2.29. The molecule has 0 fully saturated rings. The van der Waals surface area contributed by atoms with E-state index in [9.17, 15) is 34.8 Å². The van der Waals surface area contributed by atoms with E-state index in [1.807, 2.05) is 0 Å². The number of nitrogens with zero attached hydrogens (tertiary/aromatic N) is 2. The maximum Gasteiger partial charge on any atom is 0.217 e. The molecular formula is C18H29N5O7. The normalized spacial score (nSPS) is 16.0. The zero-order valence-electron chi connectivity index (χ0n) is 17.1. The van der Waals surface area contributed by atoms with Crippen LogP contribution in [0.25, 0.3) is 0 Å². The van der Waals surface area contributed by atoms with Crippen molar-refractivity contribution < 1.29 is 34.8 Å². The highest BCUT2D eigenvalue weighted by molar-refractivity contribution is 5.74. The highest BCUT2D eigenvalue weighted by Crippen LogP contribution is 2.18. The predicted octanol–water partition coefficient (Wildman–Crippen LogP) is -3.09. The van der Waals surface area contributed by atoms with Gasteiger partial charge in [0.2, 0.25) is 17.7 Å². The first kappa shape index (κ1) is 25.4. The molecule has 1 aromatic heterocycles. The molecule has 12 nitrogen and oxygen atoms in total. The first-order chi connectivity index (χ1) is 14.1. The van der Waals surface area contributed by atoms with Gasteiger partial charge in [0, 0.05) is 33.4 Å². The summed E-state index contributed by atoms with van der Waals surface area (Å²) in [6.07, 6.45) is 0.0632. The second-order valence-electron chi connectivity index (χ2n) is 6.85. The minimum atomic E-state index is -1.40. The molecule has 0 aliphatic carbocycles. The van der Waals surface area contributed by atoms with E-state index in [1.54, 1.807) is 0 Å². The van der Waals surface area contributed by atoms with Crippen LogP contribution in [0.3, 0.4) is 0 Å². The quantitative estimate of drug-likeness (QED) is 0.192. The Bertz CT molecular complexity index is 715. The molecule has 5 atom stereocenters. The van der Waals surface area contributed by atoms with Crippen LogP contribution in [0.1, 0.15) is 38.2 Å². The van der Waals surface area contributed by atoms with E-state index in [0.29, 0.717) is 5.69 Å². The van der Waals surface area contributed by atoms with E-state index in [2.05, 4.69) is 25.9 Å². The predicted molar refractivity (Wildman–Crippen MR) is 104 cm³/mol. The van der Waals surface area contributed by atoms with Gasteiger partial charge < -0.3 is 36.4 Å². The van der Waals surface area contributed by atoms with E-state index >= 15 is 0 Å². The highest BCUT2D eigenvalue weighted by atomic mass is 16.3. The van der Waals surface area contributed by atoms with Crippen LogP contribution in [0, 0.1) is 0 Å². The van der Waals surface area contributed by atoms with E-state index in [0.717, 1.165) is 0 Å². The van der Waals surface area contributed by atoms with Crippen LogP contribution in [0.5, 0.6) is 0 Å². The van der Waals surface area contributed by atoms with Gasteiger partial charge in [-0.15, -0.1) is 0 Å². The van der Waals surface area contributed by atoms with E-state index in [-0.39, 0.29) is 12.1 Å². The maximum atomic E-state index is 11.6. The lowest BCUT2D eigenvalue weighted by atomic mass is 10.00. The van der Waals surface area contributed by atoms with Crippen molar-refractivity contribution in [3.63, 3.8) is 0 Å². The van der Waals surface area contributed by atoms with Crippen LogP contribution in [0.2, 0.25) is 0 Å². The van der Waals surface area contributed by atoms with E-state index in [1.165, 1.54) is 33.2 Å². The third-order valence-electron chi connectivity index (χ3n) is 4.21. The smallest absolute Gasteiger partial charge is 0.217 e. The number of aromatic nitrogens is 2. The molecule has 0 aliphatic rings. The van der Waals surface area contributed by atoms with Crippen LogP contribution in [-0.2, 0) is 20.8 Å². The fourth-order valence-corrected chi connectivity index (χ4v) is 2.80. The van der Waals surface area contributed by atoms with Gasteiger partial charge in [0.1, 0.15) is 12.1 Å². The van der Waals surface area contributed by atoms with Gasteiger partial charge in [-0.1, -0.05) is 0 Å². The Morgan fingerprint density at radius 2 is 1.40 bits per heavy atom. The molecule has 0 bridgehead atoms. The molecule has 0 spiro atoms. The monoisotopic (exact) mass is 427 g/mol. The third-order valence-corrected chi connectivity index (χ3v) is 4.21. The van der Waals surface area contributed by atoms with Gasteiger partial charge in [-0.2, -0.15) is 0 Å². The van der Waals surface area contributed by atoms with Gasteiger partial charge in [0.25, 0.3) is 0 Å². The molecule has 0 aromatic carbocycles. The van der Waals surface area contributed by atoms with Crippen LogP contribution in [-0.4, -0.2) is 85.6 Å². The zero-order valence-corrected chi connectivity index (χ0v) is 17.1. The number of rotatable bonds is 11. The van der Waals surface area contributed by atoms with Gasteiger partial charge in [-0.3, -0.25) is 24.4 Å². The first-order valence-corrected chi connectivity index (χ1v) is 9.29. The number of nitrogens with one attached hydrogen (secondary N) is 3. The van der Waals surface area contributed by atoms with E-state index < -0.39 is 61.3 Å². The second-order valence-corrected chi connectivity index (χ2v) is 6.85. The Morgan fingerprint density at radius 3 is 1.83 bits per heavy atom. The molecule has 30 heavy (non-hydrogen) atoms. The molecule has 168 valence electrons. The van der Waals surface area contributed by atoms with Crippen LogP contribution < -0.4 is 16.0 Å². The van der Waals surface area contributed by atoms with Crippen LogP contribution in [0.4, 0.5) is 0 Å². The lowest BCUT2D eigenvalue weighted by molar-refractivity contribution is -0.122. The molecule has 12 heteroatoms. The summed E-state index contributed by atoms with van der Waals surface area (Å²) in [7, 11) is 0. The van der Waals surface area contributed by atoms with Crippen molar-refractivity contribution >= 4 is 17.7 Å². The van der Waals surface area contributed by atoms with Gasteiger partial charge in [-0.25, -0.2) is 0 Å². The Kier molecular flexibility index (Phi) is 10.3. The second kappa shape index (κ2) is 12.1. The molecule has 7 N–H and O–H groups in total. The third kappa shape index (κ3) is 7.99. The Balaban J connectivity index is 2.99. The summed E-state index contributed by atoms with van der Waals surface area (Å²) >= 11 is 0. The zero-order chi connectivity index (χ0) is 22.8. The lowest BCUT2D eigenvalue weighted by Crippen LogP contribution is -2.51. The van der Waals surface area contributed by atoms with Crippen molar-refractivity contribution in [2.45, 2.75) is 57.5 Å². The largest absolute Gasteiger partial charge is 0.394 e. The minimum absolute atomic E-state index is 0.0166. The van der Waals surface area contributed by atoms with Crippen molar-refractivity contribution in [2.75, 3.05) is 13.2 Å². The topological polar surface area (TPSA) is 194 Å². The summed E-state index contributed by atoms with van der Waals surface area (Å²) in [6, 6.07) is -2.99. The Labute approximate surface area is 173 Å². The maximum absolute atomic E-state index is 11.6. The summed E-state index contributed by atoms with van der Waals surface area (Å²) in [5.74, 6) is -1.34. The standard InChI is InChI=1S/C18H29N5O7/c1-9(26)21-14(7-24)16(29)4-12-5-20-13(6-19-12)17(23-11(3)28)18(30)15(8-25)22-10(2)27/h5-6,14-18,24-25,29-30H,4,7-8H2,1-3H3,(H,21,26)(H,22,27)(H,23,28)/t14-,15-,16-,17-,18+/m0/s1. The fraction of sp³-hybridized carbons (Fsp3) is 0.611. The minimum Gasteiger partial charge on any atom is -0.394 e. The molecule has 0 unspecified atom stereocenters. The highest BCUT2D eigenvalue weighted by Gasteiger charge is 2.31. The summed E-state index contributed by atoms with van der Waals surface area (Å²) < 4.78 is 0. The number of aliphatic hydroxyl groups is 4. The number of amides is 3. The molecule has 0 aliphatic heterocycles. The summed E-state index contributed by atoms with van der Waals surface area (Å²) in [5.41, 5.74) is 0.506. The molecule has 1 rings (SSSR count). The molecule has 1 heterocycles. The van der Waals surface area contributed by atoms with Crippen molar-refractivity contribution in [1.82, 2.24) is 25.9 Å². The number of hydrogen-bond donors (Lipinski definition) is 7. The molecule has 0 saturated heterocycles. The summed E-state index contributed by atoms with van der Waals surface area (Å²) in [4.78, 5) is 42.3. The number of carbonyl (C=O) groups excluding carboxylic acids is 3. The summed E-state index contributed by atoms with van der Waals surface area (Å²) in [6.45, 7) is 2.69. The van der Waals surface area contributed by atoms with Crippen molar-refractivity contribution in [1.29, 1.82) is 0 Å². The van der Waals surface area contributed by atoms with Gasteiger partial charge in [0.15, 0.2) is 0 Å². The molecule has 0 radical (unpaired) electrons. The summed E-state index contributed by atoms with van der Waals surface area (Å²) in [5, 5.41) is 46.8. The van der Waals surface area contributed by atoms with Gasteiger partial charge >= 0.3 is 0 Å². The SMILES string of the molecule is CC(=O)N[C@@H](CO)[C@@H](O)[C@@H](NC(C)=O)c1cnc(C[C@H](O)[C@H](CO)NC(C)=O)cn1. The fourth-order valence-electron chi connectivity index (χ4n) is 2.80. The van der Waals surface area contributed by atoms with Crippen molar-refractivity contribution in [3.05, 3.63) is 23.8 Å². The van der Waals surface area contributed by atoms with Gasteiger partial charge in [-0.05, 0) is 0 Å². The molecular weight excluding hydrogens is 398 g/mol. The van der Waals surface area contributed by atoms with Gasteiger partial charge in [0.05, 0.1) is 49.0 Å². The number of carbonyl (C=O) groups is 3. The molecule has 0 saturated carbocycles. The first-order valence-electron chi connectivity index (χ1n) is 9.29. The number of aliphatic hydroxyl groups excluding tert-OH is 4. The molecule has 3 amide bonds. The number of hydrogen-bond acceptors (Lipinski definition) is 9. The average molecular weight is 427 g/mol. The van der Waals surface area contributed by atoms with Crippen molar-refractivity contribution in [3.8, 4) is 0 Å². The Hall–Kier alpha value is -2.67. The van der Waals surface area contributed by atoms with Crippen molar-refractivity contribution in [2.24, 2.45) is 0 Å². The van der Waals surface area contributed by atoms with Crippen LogP contribution >= 0.6 is 0 Å². The molecule has 1 aromatic rings. The Morgan fingerprint density at radius 1 is 0.867 bits per heavy atom.